The largest absolute Gasteiger partial charge is 0.489 e. The van der Waals surface area contributed by atoms with Crippen molar-refractivity contribution in [2.45, 2.75) is 32.5 Å². The Labute approximate surface area is 160 Å². The van der Waals surface area contributed by atoms with Crippen molar-refractivity contribution in [3.63, 3.8) is 0 Å². The number of benzene rings is 2. The second-order valence-electron chi connectivity index (χ2n) is 6.55. The molecule has 2 aromatic rings. The van der Waals surface area contributed by atoms with Crippen LogP contribution in [-0.2, 0) is 11.3 Å². The molecule has 5 heteroatoms. The molecule has 1 heterocycles. The lowest BCUT2D eigenvalue weighted by molar-refractivity contribution is 0.00724. The summed E-state index contributed by atoms with van der Waals surface area (Å²) in [6.45, 7) is 4.39. The molecule has 1 aliphatic rings. The molecule has 1 unspecified atom stereocenters. The zero-order valence-corrected chi connectivity index (χ0v) is 15.6. The summed E-state index contributed by atoms with van der Waals surface area (Å²) >= 11 is 0. The van der Waals surface area contributed by atoms with Crippen LogP contribution in [0, 0.1) is 11.3 Å². The van der Waals surface area contributed by atoms with Gasteiger partial charge in [-0.25, -0.2) is 0 Å². The number of hydrogen-bond acceptors (Lipinski definition) is 4. The number of hydrogen-bond donors (Lipinski definition) is 0. The van der Waals surface area contributed by atoms with Gasteiger partial charge in [0.2, 0.25) is 0 Å². The second-order valence-corrected chi connectivity index (χ2v) is 6.55. The summed E-state index contributed by atoms with van der Waals surface area (Å²) in [4.78, 5) is 14.6. The van der Waals surface area contributed by atoms with Crippen molar-refractivity contribution in [1.29, 1.82) is 5.26 Å². The van der Waals surface area contributed by atoms with Crippen LogP contribution in [0.1, 0.15) is 41.3 Å². The molecule has 0 aliphatic carbocycles. The van der Waals surface area contributed by atoms with Crippen molar-refractivity contribution in [2.24, 2.45) is 0 Å². The summed E-state index contributed by atoms with van der Waals surface area (Å²) in [5.74, 6) is 0.700. The van der Waals surface area contributed by atoms with Crippen LogP contribution in [0.4, 0.5) is 0 Å². The highest BCUT2D eigenvalue weighted by Gasteiger charge is 2.24. The second kappa shape index (κ2) is 9.20. The zero-order valence-electron chi connectivity index (χ0n) is 15.6. The summed E-state index contributed by atoms with van der Waals surface area (Å²) in [6.07, 6.45) is 2.11. The number of rotatable bonds is 6. The average Bonchev–Trinajstić information content (AvgIpc) is 2.73. The Hall–Kier alpha value is -2.84. The van der Waals surface area contributed by atoms with Crippen molar-refractivity contribution in [3.8, 4) is 11.8 Å². The van der Waals surface area contributed by atoms with E-state index in [4.69, 9.17) is 14.7 Å². The fourth-order valence-electron chi connectivity index (χ4n) is 3.29. The summed E-state index contributed by atoms with van der Waals surface area (Å²) in [5, 5.41) is 9.13. The number of ether oxygens (including phenoxy) is 2. The zero-order chi connectivity index (χ0) is 19.1. The predicted octanol–water partition coefficient (Wildman–Crippen LogP) is 3.78. The molecule has 2 aromatic carbocycles. The standard InChI is InChI=1S/C22H24N2O3/c1-2-26-21-8-5-13-24(15-21)22(25)17-9-11-20(12-10-17)27-16-19-7-4-3-6-18(19)14-23/h3-4,6-7,9-12,21H,2,5,8,13,15-16H2,1H3. The van der Waals surface area contributed by atoms with Crippen LogP contribution in [0.15, 0.2) is 48.5 Å². The van der Waals surface area contributed by atoms with Crippen LogP contribution >= 0.6 is 0 Å². The average molecular weight is 364 g/mol. The van der Waals surface area contributed by atoms with Crippen LogP contribution < -0.4 is 4.74 Å². The molecular weight excluding hydrogens is 340 g/mol. The number of nitriles is 1. The number of carbonyl (C=O) groups excluding carboxylic acids is 1. The lowest BCUT2D eigenvalue weighted by atomic mass is 10.1. The summed E-state index contributed by atoms with van der Waals surface area (Å²) in [7, 11) is 0. The van der Waals surface area contributed by atoms with Gasteiger partial charge in [0.1, 0.15) is 12.4 Å². The molecular formula is C22H24N2O3. The molecule has 0 saturated carbocycles. The van der Waals surface area contributed by atoms with E-state index in [1.165, 1.54) is 0 Å². The Morgan fingerprint density at radius 2 is 2.00 bits per heavy atom. The fraction of sp³-hybridized carbons (Fsp3) is 0.364. The van der Waals surface area contributed by atoms with Gasteiger partial charge in [-0.05, 0) is 50.1 Å². The van der Waals surface area contributed by atoms with E-state index in [2.05, 4.69) is 6.07 Å². The number of carbonyl (C=O) groups is 1. The first-order valence-electron chi connectivity index (χ1n) is 9.33. The van der Waals surface area contributed by atoms with Crippen LogP contribution in [0.3, 0.4) is 0 Å². The van der Waals surface area contributed by atoms with Gasteiger partial charge in [-0.1, -0.05) is 18.2 Å². The van der Waals surface area contributed by atoms with Crippen molar-refractivity contribution in [1.82, 2.24) is 4.90 Å². The van der Waals surface area contributed by atoms with Crippen LogP contribution in [0.5, 0.6) is 5.75 Å². The number of amides is 1. The van der Waals surface area contributed by atoms with E-state index in [9.17, 15) is 4.79 Å². The Morgan fingerprint density at radius 1 is 1.22 bits per heavy atom. The van der Waals surface area contributed by atoms with Gasteiger partial charge in [0.25, 0.3) is 5.91 Å². The Bertz CT molecular complexity index is 809. The Kier molecular flexibility index (Phi) is 6.45. The third-order valence-corrected chi connectivity index (χ3v) is 4.70. The number of piperidine rings is 1. The van der Waals surface area contributed by atoms with Gasteiger partial charge in [0, 0.05) is 30.8 Å². The quantitative estimate of drug-likeness (QED) is 0.783. The number of likely N-dealkylation sites (tertiary alicyclic amines) is 1. The molecule has 3 rings (SSSR count). The van der Waals surface area contributed by atoms with Gasteiger partial charge in [0.15, 0.2) is 0 Å². The van der Waals surface area contributed by atoms with Gasteiger partial charge in [-0.15, -0.1) is 0 Å². The normalized spacial score (nSPS) is 16.6. The van der Waals surface area contributed by atoms with Crippen LogP contribution in [-0.4, -0.2) is 36.6 Å². The Balaban J connectivity index is 1.60. The molecule has 0 bridgehead atoms. The molecule has 0 spiro atoms. The van der Waals surface area contributed by atoms with Crippen molar-refractivity contribution in [2.75, 3.05) is 19.7 Å². The van der Waals surface area contributed by atoms with Gasteiger partial charge in [-0.3, -0.25) is 4.79 Å². The molecule has 0 radical (unpaired) electrons. The highest BCUT2D eigenvalue weighted by Crippen LogP contribution is 2.19. The van der Waals surface area contributed by atoms with Gasteiger partial charge in [-0.2, -0.15) is 5.26 Å². The summed E-state index contributed by atoms with van der Waals surface area (Å²) in [6, 6.07) is 16.7. The van der Waals surface area contributed by atoms with Gasteiger partial charge in [0.05, 0.1) is 17.7 Å². The maximum absolute atomic E-state index is 12.7. The van der Waals surface area contributed by atoms with Gasteiger partial charge >= 0.3 is 0 Å². The molecule has 1 atom stereocenters. The SMILES string of the molecule is CCOC1CCCN(C(=O)c2ccc(OCc3ccccc3C#N)cc2)C1. The molecule has 0 N–H and O–H groups in total. The first-order valence-corrected chi connectivity index (χ1v) is 9.33. The van der Waals surface area contributed by atoms with E-state index in [1.807, 2.05) is 30.0 Å². The van der Waals surface area contributed by atoms with Gasteiger partial charge < -0.3 is 14.4 Å². The molecule has 5 nitrogen and oxygen atoms in total. The predicted molar refractivity (Wildman–Crippen MR) is 102 cm³/mol. The minimum Gasteiger partial charge on any atom is -0.489 e. The highest BCUT2D eigenvalue weighted by atomic mass is 16.5. The molecule has 1 fully saturated rings. The Morgan fingerprint density at radius 3 is 2.74 bits per heavy atom. The lowest BCUT2D eigenvalue weighted by Crippen LogP contribution is -2.43. The van der Waals surface area contributed by atoms with Crippen LogP contribution in [0.25, 0.3) is 0 Å². The third-order valence-electron chi connectivity index (χ3n) is 4.70. The fourth-order valence-corrected chi connectivity index (χ4v) is 3.29. The van der Waals surface area contributed by atoms with Crippen LogP contribution in [0.2, 0.25) is 0 Å². The molecule has 0 aromatic heterocycles. The maximum Gasteiger partial charge on any atom is 0.253 e. The molecule has 140 valence electrons. The van der Waals surface area contributed by atoms with Crippen molar-refractivity contribution in [3.05, 3.63) is 65.2 Å². The van der Waals surface area contributed by atoms with Crippen molar-refractivity contribution < 1.29 is 14.3 Å². The van der Waals surface area contributed by atoms with E-state index in [-0.39, 0.29) is 12.0 Å². The topological polar surface area (TPSA) is 62.6 Å². The molecule has 1 saturated heterocycles. The maximum atomic E-state index is 12.7. The smallest absolute Gasteiger partial charge is 0.253 e. The van der Waals surface area contributed by atoms with E-state index in [1.54, 1.807) is 30.3 Å². The summed E-state index contributed by atoms with van der Waals surface area (Å²) in [5.41, 5.74) is 2.10. The monoisotopic (exact) mass is 364 g/mol. The molecule has 1 amide bonds. The van der Waals surface area contributed by atoms with E-state index < -0.39 is 0 Å². The lowest BCUT2D eigenvalue weighted by Gasteiger charge is -2.32. The first kappa shape index (κ1) is 18.9. The molecule has 1 aliphatic heterocycles. The van der Waals surface area contributed by atoms with E-state index in [0.717, 1.165) is 24.9 Å². The van der Waals surface area contributed by atoms with Crippen molar-refractivity contribution >= 4 is 5.91 Å². The van der Waals surface area contributed by atoms with E-state index >= 15 is 0 Å². The molecule has 27 heavy (non-hydrogen) atoms. The van der Waals surface area contributed by atoms with E-state index in [0.29, 0.717) is 36.6 Å². The third kappa shape index (κ3) is 4.87. The number of nitrogens with zero attached hydrogens (tertiary/aromatic N) is 2. The minimum atomic E-state index is 0.0285. The summed E-state index contributed by atoms with van der Waals surface area (Å²) < 4.78 is 11.4. The highest BCUT2D eigenvalue weighted by molar-refractivity contribution is 5.94. The first-order chi connectivity index (χ1) is 13.2. The minimum absolute atomic E-state index is 0.0285.